The zero-order valence-corrected chi connectivity index (χ0v) is 21.0. The van der Waals surface area contributed by atoms with Crippen LogP contribution in [0.2, 0.25) is 0 Å². The van der Waals surface area contributed by atoms with E-state index < -0.39 is 6.04 Å². The average molecular weight is 465 g/mol. The van der Waals surface area contributed by atoms with Crippen LogP contribution in [0.25, 0.3) is 0 Å². The van der Waals surface area contributed by atoms with Crippen molar-refractivity contribution in [3.63, 3.8) is 0 Å². The molecule has 2 aromatic rings. The van der Waals surface area contributed by atoms with Gasteiger partial charge in [0.1, 0.15) is 11.8 Å². The third-order valence-electron chi connectivity index (χ3n) is 6.60. The summed E-state index contributed by atoms with van der Waals surface area (Å²) in [7, 11) is 0. The molecule has 1 fully saturated rings. The molecule has 0 heterocycles. The predicted molar refractivity (Wildman–Crippen MR) is 137 cm³/mol. The topological polar surface area (TPSA) is 58.6 Å². The Morgan fingerprint density at radius 3 is 2.44 bits per heavy atom. The maximum absolute atomic E-state index is 13.4. The standard InChI is InChI=1S/C29H40N2O3/c1-4-27(29(33)30-25-12-6-5-7-13-25)31(21-24-11-8-10-23(3)20-24)28(32)14-9-19-34-26-17-15-22(2)16-18-26/h8,10-11,15-18,20,25,27H,4-7,9,12-14,19,21H2,1-3H3,(H,30,33)/t27-/m0/s1. The van der Waals surface area contributed by atoms with Crippen LogP contribution < -0.4 is 10.1 Å². The van der Waals surface area contributed by atoms with Gasteiger partial charge in [0.05, 0.1) is 6.61 Å². The Labute approximate surface area is 204 Å². The summed E-state index contributed by atoms with van der Waals surface area (Å²) in [4.78, 5) is 28.4. The quantitative estimate of drug-likeness (QED) is 0.433. The smallest absolute Gasteiger partial charge is 0.243 e. The highest BCUT2D eigenvalue weighted by molar-refractivity contribution is 5.87. The summed E-state index contributed by atoms with van der Waals surface area (Å²) in [6.45, 7) is 6.99. The van der Waals surface area contributed by atoms with Crippen LogP contribution in [0.15, 0.2) is 48.5 Å². The molecule has 0 spiro atoms. The Hall–Kier alpha value is -2.82. The second-order valence-corrected chi connectivity index (χ2v) is 9.54. The highest BCUT2D eigenvalue weighted by Gasteiger charge is 2.30. The Kier molecular flexibility index (Phi) is 9.99. The third-order valence-corrected chi connectivity index (χ3v) is 6.60. The van der Waals surface area contributed by atoms with E-state index in [-0.39, 0.29) is 17.9 Å². The van der Waals surface area contributed by atoms with Crippen molar-refractivity contribution in [2.45, 2.75) is 90.8 Å². The molecule has 5 heteroatoms. The van der Waals surface area contributed by atoms with E-state index in [2.05, 4.69) is 11.4 Å². The minimum Gasteiger partial charge on any atom is -0.494 e. The number of ether oxygens (including phenoxy) is 1. The first-order chi connectivity index (χ1) is 16.5. The fraction of sp³-hybridized carbons (Fsp3) is 0.517. The molecule has 184 valence electrons. The zero-order chi connectivity index (χ0) is 24.3. The number of carbonyl (C=O) groups excluding carboxylic acids is 2. The zero-order valence-electron chi connectivity index (χ0n) is 21.0. The number of benzene rings is 2. The van der Waals surface area contributed by atoms with Crippen molar-refractivity contribution in [1.82, 2.24) is 10.2 Å². The van der Waals surface area contributed by atoms with Gasteiger partial charge in [-0.15, -0.1) is 0 Å². The molecule has 0 radical (unpaired) electrons. The summed E-state index contributed by atoms with van der Waals surface area (Å²) >= 11 is 0. The van der Waals surface area contributed by atoms with Gasteiger partial charge in [0, 0.05) is 19.0 Å². The number of aryl methyl sites for hydroxylation is 2. The molecule has 1 aliphatic rings. The number of nitrogens with one attached hydrogen (secondary N) is 1. The molecule has 1 saturated carbocycles. The summed E-state index contributed by atoms with van der Waals surface area (Å²) in [6, 6.07) is 15.9. The largest absolute Gasteiger partial charge is 0.494 e. The second-order valence-electron chi connectivity index (χ2n) is 9.54. The minimum atomic E-state index is -0.465. The molecule has 5 nitrogen and oxygen atoms in total. The monoisotopic (exact) mass is 464 g/mol. The molecule has 2 aromatic carbocycles. The van der Waals surface area contributed by atoms with Gasteiger partial charge in [0.25, 0.3) is 0 Å². The lowest BCUT2D eigenvalue weighted by Gasteiger charge is -2.33. The molecule has 0 bridgehead atoms. The van der Waals surface area contributed by atoms with Crippen LogP contribution in [0.3, 0.4) is 0 Å². The highest BCUT2D eigenvalue weighted by atomic mass is 16.5. The van der Waals surface area contributed by atoms with Gasteiger partial charge in [-0.05, 0) is 57.2 Å². The van der Waals surface area contributed by atoms with Crippen LogP contribution in [0, 0.1) is 13.8 Å². The lowest BCUT2D eigenvalue weighted by Crippen LogP contribution is -2.51. The fourth-order valence-corrected chi connectivity index (χ4v) is 4.66. The molecule has 0 saturated heterocycles. The molecule has 0 aliphatic heterocycles. The molecule has 3 rings (SSSR count). The number of rotatable bonds is 11. The SMILES string of the molecule is CC[C@@H](C(=O)NC1CCCCC1)N(Cc1cccc(C)c1)C(=O)CCCOc1ccc(C)cc1. The van der Waals surface area contributed by atoms with E-state index in [9.17, 15) is 9.59 Å². The van der Waals surface area contributed by atoms with Crippen molar-refractivity contribution >= 4 is 11.8 Å². The van der Waals surface area contributed by atoms with Gasteiger partial charge in [-0.2, -0.15) is 0 Å². The third kappa shape index (κ3) is 7.89. The van der Waals surface area contributed by atoms with E-state index in [0.717, 1.165) is 42.6 Å². The number of carbonyl (C=O) groups is 2. The summed E-state index contributed by atoms with van der Waals surface area (Å²) in [5.41, 5.74) is 3.38. The molecule has 0 aromatic heterocycles. The number of nitrogens with zero attached hydrogens (tertiary/aromatic N) is 1. The molecular formula is C29H40N2O3. The maximum atomic E-state index is 13.4. The van der Waals surface area contributed by atoms with E-state index in [1.807, 2.05) is 63.2 Å². The predicted octanol–water partition coefficient (Wildman–Crippen LogP) is 5.72. The normalized spacial score (nSPS) is 14.9. The van der Waals surface area contributed by atoms with Gasteiger partial charge in [-0.3, -0.25) is 9.59 Å². The molecule has 1 aliphatic carbocycles. The van der Waals surface area contributed by atoms with E-state index in [1.54, 1.807) is 4.90 Å². The number of hydrogen-bond acceptors (Lipinski definition) is 3. The lowest BCUT2D eigenvalue weighted by molar-refractivity contribution is -0.142. The number of hydrogen-bond donors (Lipinski definition) is 1. The molecule has 2 amide bonds. The minimum absolute atomic E-state index is 0.000318. The Morgan fingerprint density at radius 1 is 1.03 bits per heavy atom. The van der Waals surface area contributed by atoms with E-state index in [1.165, 1.54) is 12.0 Å². The lowest BCUT2D eigenvalue weighted by atomic mass is 9.95. The van der Waals surface area contributed by atoms with Gasteiger partial charge in [0.2, 0.25) is 11.8 Å². The molecule has 0 unspecified atom stereocenters. The molecular weight excluding hydrogens is 424 g/mol. The van der Waals surface area contributed by atoms with Crippen molar-refractivity contribution < 1.29 is 14.3 Å². The van der Waals surface area contributed by atoms with Crippen LogP contribution in [-0.4, -0.2) is 35.4 Å². The summed E-state index contributed by atoms with van der Waals surface area (Å²) in [5.74, 6) is 0.791. The van der Waals surface area contributed by atoms with Gasteiger partial charge >= 0.3 is 0 Å². The van der Waals surface area contributed by atoms with Crippen molar-refractivity contribution in [1.29, 1.82) is 0 Å². The molecule has 1 N–H and O–H groups in total. The van der Waals surface area contributed by atoms with Crippen LogP contribution in [0.4, 0.5) is 0 Å². The van der Waals surface area contributed by atoms with Crippen LogP contribution in [0.5, 0.6) is 5.75 Å². The Morgan fingerprint density at radius 2 is 1.76 bits per heavy atom. The Balaban J connectivity index is 1.64. The van der Waals surface area contributed by atoms with E-state index in [4.69, 9.17) is 4.74 Å². The van der Waals surface area contributed by atoms with Gasteiger partial charge in [-0.25, -0.2) is 0 Å². The average Bonchev–Trinajstić information content (AvgIpc) is 2.83. The van der Waals surface area contributed by atoms with Crippen molar-refractivity contribution in [3.8, 4) is 5.75 Å². The molecule has 1 atom stereocenters. The van der Waals surface area contributed by atoms with E-state index in [0.29, 0.717) is 32.4 Å². The van der Waals surface area contributed by atoms with Crippen molar-refractivity contribution in [2.24, 2.45) is 0 Å². The molecule has 34 heavy (non-hydrogen) atoms. The summed E-state index contributed by atoms with van der Waals surface area (Å²) in [6.07, 6.45) is 7.18. The van der Waals surface area contributed by atoms with Crippen LogP contribution in [-0.2, 0) is 16.1 Å². The van der Waals surface area contributed by atoms with Crippen LogP contribution >= 0.6 is 0 Å². The first-order valence-electron chi connectivity index (χ1n) is 12.8. The fourth-order valence-electron chi connectivity index (χ4n) is 4.66. The van der Waals surface area contributed by atoms with Crippen molar-refractivity contribution in [3.05, 3.63) is 65.2 Å². The van der Waals surface area contributed by atoms with Crippen molar-refractivity contribution in [2.75, 3.05) is 6.61 Å². The summed E-state index contributed by atoms with van der Waals surface area (Å²) in [5, 5.41) is 3.24. The van der Waals surface area contributed by atoms with Crippen LogP contribution in [0.1, 0.15) is 75.0 Å². The summed E-state index contributed by atoms with van der Waals surface area (Å²) < 4.78 is 5.81. The van der Waals surface area contributed by atoms with Gasteiger partial charge in [-0.1, -0.05) is 73.7 Å². The van der Waals surface area contributed by atoms with Gasteiger partial charge in [0.15, 0.2) is 0 Å². The first kappa shape index (κ1) is 25.8. The van der Waals surface area contributed by atoms with Gasteiger partial charge < -0.3 is 15.0 Å². The maximum Gasteiger partial charge on any atom is 0.243 e. The van der Waals surface area contributed by atoms with E-state index >= 15 is 0 Å². The first-order valence-corrected chi connectivity index (χ1v) is 12.8. The highest BCUT2D eigenvalue weighted by Crippen LogP contribution is 2.20. The number of amides is 2. The Bertz CT molecular complexity index is 919. The second kappa shape index (κ2) is 13.2.